The first-order chi connectivity index (χ1) is 14.9. The molecule has 2 aliphatic heterocycles. The van der Waals surface area contributed by atoms with E-state index in [-0.39, 0.29) is 11.8 Å². The lowest BCUT2D eigenvalue weighted by atomic mass is 9.82. The Morgan fingerprint density at radius 3 is 2.16 bits per heavy atom. The molecular weight excluding hydrogens is 423 g/mol. The summed E-state index contributed by atoms with van der Waals surface area (Å²) < 4.78 is 40.9. The number of imide groups is 1. The Morgan fingerprint density at radius 2 is 1.62 bits per heavy atom. The van der Waals surface area contributed by atoms with E-state index in [9.17, 15) is 27.6 Å². The molecule has 0 spiro atoms. The van der Waals surface area contributed by atoms with Gasteiger partial charge in [0.2, 0.25) is 0 Å². The Morgan fingerprint density at radius 1 is 1.03 bits per heavy atom. The van der Waals surface area contributed by atoms with Gasteiger partial charge in [-0.05, 0) is 62.6 Å². The molecule has 2 aromatic rings. The number of hydrogen-bond acceptors (Lipinski definition) is 3. The SMILES string of the molecule is CC1(c2ccc(C(=O)N3CCC(c4cc(F)c(F)c(F)c4)C3(C)C)cc2)NC(=O)NC1=O. The number of carbonyl (C=O) groups excluding carboxylic acids is 3. The Balaban J connectivity index is 1.58. The summed E-state index contributed by atoms with van der Waals surface area (Å²) in [7, 11) is 0. The summed E-state index contributed by atoms with van der Waals surface area (Å²) in [5.74, 6) is -5.17. The van der Waals surface area contributed by atoms with Gasteiger partial charge in [-0.1, -0.05) is 12.1 Å². The second-order valence-electron chi connectivity index (χ2n) is 8.86. The highest BCUT2D eigenvalue weighted by molar-refractivity contribution is 6.07. The summed E-state index contributed by atoms with van der Waals surface area (Å²) in [6, 6.07) is 7.72. The van der Waals surface area contributed by atoms with Crippen molar-refractivity contribution in [1.29, 1.82) is 0 Å². The number of amides is 4. The van der Waals surface area contributed by atoms with Crippen LogP contribution in [0, 0.1) is 17.5 Å². The van der Waals surface area contributed by atoms with Crippen LogP contribution in [-0.4, -0.2) is 34.8 Å². The lowest BCUT2D eigenvalue weighted by molar-refractivity contribution is -0.123. The van der Waals surface area contributed by atoms with Gasteiger partial charge in [0.05, 0.1) is 0 Å². The van der Waals surface area contributed by atoms with Crippen molar-refractivity contribution in [2.45, 2.75) is 44.2 Å². The van der Waals surface area contributed by atoms with Gasteiger partial charge < -0.3 is 10.2 Å². The summed E-state index contributed by atoms with van der Waals surface area (Å²) in [6.45, 7) is 5.53. The minimum Gasteiger partial charge on any atom is -0.333 e. The van der Waals surface area contributed by atoms with Crippen molar-refractivity contribution in [3.05, 3.63) is 70.5 Å². The number of urea groups is 1. The fourth-order valence-corrected chi connectivity index (χ4v) is 4.65. The summed E-state index contributed by atoms with van der Waals surface area (Å²) in [6.07, 6.45) is 0.464. The van der Waals surface area contributed by atoms with Gasteiger partial charge in [-0.2, -0.15) is 0 Å². The lowest BCUT2D eigenvalue weighted by Gasteiger charge is -2.36. The number of nitrogens with one attached hydrogen (secondary N) is 2. The molecule has 0 saturated carbocycles. The van der Waals surface area contributed by atoms with E-state index >= 15 is 0 Å². The van der Waals surface area contributed by atoms with E-state index in [1.54, 1.807) is 49.9 Å². The largest absolute Gasteiger partial charge is 0.333 e. The maximum Gasteiger partial charge on any atom is 0.322 e. The van der Waals surface area contributed by atoms with Gasteiger partial charge in [-0.15, -0.1) is 0 Å². The van der Waals surface area contributed by atoms with Crippen LogP contribution in [0.4, 0.5) is 18.0 Å². The predicted octanol–water partition coefficient (Wildman–Crippen LogP) is 3.57. The van der Waals surface area contributed by atoms with Crippen molar-refractivity contribution in [1.82, 2.24) is 15.5 Å². The van der Waals surface area contributed by atoms with E-state index in [2.05, 4.69) is 10.6 Å². The van der Waals surface area contributed by atoms with Crippen molar-refractivity contribution in [2.24, 2.45) is 0 Å². The fraction of sp³-hybridized carbons (Fsp3) is 0.348. The van der Waals surface area contributed by atoms with Gasteiger partial charge in [-0.25, -0.2) is 18.0 Å². The molecule has 0 bridgehead atoms. The predicted molar refractivity (Wildman–Crippen MR) is 109 cm³/mol. The number of nitrogens with zero attached hydrogens (tertiary/aromatic N) is 1. The second kappa shape index (κ2) is 7.36. The molecule has 2 atom stereocenters. The molecule has 2 heterocycles. The number of benzene rings is 2. The minimum absolute atomic E-state index is 0.280. The van der Waals surface area contributed by atoms with Crippen LogP contribution in [0.2, 0.25) is 0 Å². The Hall–Kier alpha value is -3.36. The van der Waals surface area contributed by atoms with Crippen LogP contribution in [0.3, 0.4) is 0 Å². The molecule has 2 aromatic carbocycles. The van der Waals surface area contributed by atoms with Crippen LogP contribution in [0.5, 0.6) is 0 Å². The third kappa shape index (κ3) is 3.32. The van der Waals surface area contributed by atoms with E-state index in [1.807, 2.05) is 0 Å². The average Bonchev–Trinajstić information content (AvgIpc) is 3.19. The number of likely N-dealkylation sites (tertiary alicyclic amines) is 1. The van der Waals surface area contributed by atoms with E-state index in [0.717, 1.165) is 12.1 Å². The first-order valence-corrected chi connectivity index (χ1v) is 10.2. The van der Waals surface area contributed by atoms with Crippen LogP contribution in [0.15, 0.2) is 36.4 Å². The van der Waals surface area contributed by atoms with E-state index in [0.29, 0.717) is 29.7 Å². The van der Waals surface area contributed by atoms with Crippen molar-refractivity contribution in [3.8, 4) is 0 Å². The van der Waals surface area contributed by atoms with Gasteiger partial charge in [0.25, 0.3) is 11.8 Å². The molecule has 9 heteroatoms. The van der Waals surface area contributed by atoms with E-state index < -0.39 is 40.5 Å². The zero-order valence-electron chi connectivity index (χ0n) is 17.8. The van der Waals surface area contributed by atoms with Gasteiger partial charge in [0, 0.05) is 23.6 Å². The van der Waals surface area contributed by atoms with Crippen molar-refractivity contribution < 1.29 is 27.6 Å². The molecule has 2 aliphatic rings. The maximum absolute atomic E-state index is 13.8. The topological polar surface area (TPSA) is 78.5 Å². The molecule has 4 rings (SSSR count). The molecule has 168 valence electrons. The molecule has 32 heavy (non-hydrogen) atoms. The highest BCUT2D eigenvalue weighted by Gasteiger charge is 2.46. The van der Waals surface area contributed by atoms with Crippen LogP contribution in [-0.2, 0) is 10.3 Å². The van der Waals surface area contributed by atoms with Gasteiger partial charge >= 0.3 is 6.03 Å². The van der Waals surface area contributed by atoms with Crippen LogP contribution in [0.25, 0.3) is 0 Å². The van der Waals surface area contributed by atoms with E-state index in [4.69, 9.17) is 0 Å². The highest BCUT2D eigenvalue weighted by atomic mass is 19.2. The van der Waals surface area contributed by atoms with Crippen molar-refractivity contribution in [3.63, 3.8) is 0 Å². The molecule has 6 nitrogen and oxygen atoms in total. The van der Waals surface area contributed by atoms with E-state index in [1.165, 1.54) is 0 Å². The third-order valence-corrected chi connectivity index (χ3v) is 6.60. The minimum atomic E-state index is -1.52. The number of halogens is 3. The normalized spacial score (nSPS) is 24.4. The standard InChI is InChI=1S/C23H22F3N3O3/c1-22(2)15(13-10-16(24)18(26)17(25)11-13)8-9-29(22)19(30)12-4-6-14(7-5-12)23(3)20(31)27-21(32)28-23/h4-7,10-11,15H,8-9H2,1-3H3,(H2,27,28,31,32). The quantitative estimate of drug-likeness (QED) is 0.560. The Labute approximate surface area is 182 Å². The summed E-state index contributed by atoms with van der Waals surface area (Å²) in [4.78, 5) is 38.5. The van der Waals surface area contributed by atoms with Crippen molar-refractivity contribution >= 4 is 17.8 Å². The molecule has 0 radical (unpaired) electrons. The molecule has 2 unspecified atom stereocenters. The molecule has 2 N–H and O–H groups in total. The number of hydrogen-bond donors (Lipinski definition) is 2. The Bertz CT molecular complexity index is 1110. The maximum atomic E-state index is 13.8. The summed E-state index contributed by atoms with van der Waals surface area (Å²) in [5, 5.41) is 4.76. The molecule has 2 saturated heterocycles. The zero-order valence-corrected chi connectivity index (χ0v) is 17.8. The summed E-state index contributed by atoms with van der Waals surface area (Å²) >= 11 is 0. The van der Waals surface area contributed by atoms with Crippen LogP contribution < -0.4 is 10.6 Å². The average molecular weight is 445 g/mol. The first-order valence-electron chi connectivity index (χ1n) is 10.2. The van der Waals surface area contributed by atoms with Crippen LogP contribution in [0.1, 0.15) is 54.6 Å². The molecule has 0 aromatic heterocycles. The number of carbonyl (C=O) groups is 3. The zero-order chi connectivity index (χ0) is 23.4. The highest BCUT2D eigenvalue weighted by Crippen LogP contribution is 2.43. The Kier molecular flexibility index (Phi) is 5.02. The molecule has 0 aliphatic carbocycles. The van der Waals surface area contributed by atoms with Gasteiger partial charge in [0.15, 0.2) is 17.5 Å². The molecule has 4 amide bonds. The monoisotopic (exact) mass is 445 g/mol. The second-order valence-corrected chi connectivity index (χ2v) is 8.86. The first kappa shape index (κ1) is 21.9. The third-order valence-electron chi connectivity index (χ3n) is 6.60. The molecule has 2 fully saturated rings. The summed E-state index contributed by atoms with van der Waals surface area (Å²) in [5.41, 5.74) is -0.820. The fourth-order valence-electron chi connectivity index (χ4n) is 4.65. The lowest BCUT2D eigenvalue weighted by Crippen LogP contribution is -2.45. The number of rotatable bonds is 3. The smallest absolute Gasteiger partial charge is 0.322 e. The van der Waals surface area contributed by atoms with Gasteiger partial charge in [-0.3, -0.25) is 14.9 Å². The van der Waals surface area contributed by atoms with Crippen molar-refractivity contribution in [2.75, 3.05) is 6.54 Å². The van der Waals surface area contributed by atoms with Gasteiger partial charge in [0.1, 0.15) is 5.54 Å². The van der Waals surface area contributed by atoms with Crippen LogP contribution >= 0.6 is 0 Å². The molecular formula is C23H22F3N3O3.